The Balaban J connectivity index is 1.87. The van der Waals surface area contributed by atoms with Gasteiger partial charge in [0.1, 0.15) is 18.2 Å². The van der Waals surface area contributed by atoms with E-state index in [1.54, 1.807) is 18.2 Å². The average Bonchev–Trinajstić information content (AvgIpc) is 2.82. The second-order valence-electron chi connectivity index (χ2n) is 9.59. The summed E-state index contributed by atoms with van der Waals surface area (Å²) < 4.78 is 19.6. The van der Waals surface area contributed by atoms with Crippen LogP contribution in [0.25, 0.3) is 0 Å². The molecule has 1 atom stereocenters. The van der Waals surface area contributed by atoms with E-state index in [2.05, 4.69) is 57.3 Å². The first-order valence-electron chi connectivity index (χ1n) is 12.1. The van der Waals surface area contributed by atoms with E-state index >= 15 is 0 Å². The largest absolute Gasteiger partial charge is 0.489 e. The lowest BCUT2D eigenvalue weighted by atomic mass is 9.93. The normalized spacial score (nSPS) is 11.7. The zero-order chi connectivity index (χ0) is 26.2. The second kappa shape index (κ2) is 12.6. The Bertz CT molecular complexity index is 1250. The van der Waals surface area contributed by atoms with Crippen LogP contribution in [0, 0.1) is 36.9 Å². The van der Waals surface area contributed by atoms with Crippen molar-refractivity contribution < 1.29 is 13.9 Å². The maximum absolute atomic E-state index is 13.8. The standard InChI is InChI=1S/C30H32ClFN2O2/c1-19(2)12-29(24-14-20(3)13-21(4)15-24)34-30(35)26-17-25(9-8-23(26)6-5-11-33)36-18-22-7-10-27(31)28(32)16-22/h7-10,13-17,19,29H,5-6,12,18H2,1-4H3,(H,34,35). The molecule has 1 N–H and O–H groups in total. The molecule has 0 saturated carbocycles. The number of benzene rings is 3. The van der Waals surface area contributed by atoms with Crippen LogP contribution >= 0.6 is 11.6 Å². The van der Waals surface area contributed by atoms with E-state index in [4.69, 9.17) is 21.6 Å². The Morgan fingerprint density at radius 1 is 1.08 bits per heavy atom. The number of amides is 1. The summed E-state index contributed by atoms with van der Waals surface area (Å²) >= 11 is 5.76. The molecule has 0 aliphatic carbocycles. The zero-order valence-corrected chi connectivity index (χ0v) is 22.0. The summed E-state index contributed by atoms with van der Waals surface area (Å²) in [7, 11) is 0. The van der Waals surface area contributed by atoms with E-state index < -0.39 is 5.82 Å². The molecule has 0 fully saturated rings. The summed E-state index contributed by atoms with van der Waals surface area (Å²) in [5.41, 5.74) is 5.26. The van der Waals surface area contributed by atoms with E-state index in [0.717, 1.165) is 28.7 Å². The summed E-state index contributed by atoms with van der Waals surface area (Å²) in [5, 5.41) is 12.4. The van der Waals surface area contributed by atoms with Gasteiger partial charge >= 0.3 is 0 Å². The van der Waals surface area contributed by atoms with Gasteiger partial charge in [-0.25, -0.2) is 4.39 Å². The van der Waals surface area contributed by atoms with Gasteiger partial charge in [-0.2, -0.15) is 5.26 Å². The zero-order valence-electron chi connectivity index (χ0n) is 21.2. The number of rotatable bonds is 10. The number of hydrogen-bond donors (Lipinski definition) is 1. The first kappa shape index (κ1) is 27.2. The maximum Gasteiger partial charge on any atom is 0.252 e. The van der Waals surface area contributed by atoms with Crippen LogP contribution in [0.2, 0.25) is 5.02 Å². The van der Waals surface area contributed by atoms with Crippen molar-refractivity contribution in [2.45, 2.75) is 59.6 Å². The lowest BCUT2D eigenvalue weighted by Crippen LogP contribution is -2.30. The van der Waals surface area contributed by atoms with Crippen molar-refractivity contribution >= 4 is 17.5 Å². The molecule has 3 aromatic rings. The minimum absolute atomic E-state index is 0.0549. The number of nitrogens with one attached hydrogen (secondary N) is 1. The van der Waals surface area contributed by atoms with Crippen molar-refractivity contribution in [2.24, 2.45) is 5.92 Å². The number of aryl methyl sites for hydroxylation is 3. The lowest BCUT2D eigenvalue weighted by molar-refractivity contribution is 0.0930. The minimum atomic E-state index is -0.507. The fourth-order valence-electron chi connectivity index (χ4n) is 4.26. The molecule has 0 spiro atoms. The van der Waals surface area contributed by atoms with Gasteiger partial charge in [-0.05, 0) is 73.6 Å². The van der Waals surface area contributed by atoms with Gasteiger partial charge in [0.15, 0.2) is 0 Å². The fourth-order valence-corrected chi connectivity index (χ4v) is 4.38. The van der Waals surface area contributed by atoms with Crippen LogP contribution in [0.1, 0.15) is 70.9 Å². The highest BCUT2D eigenvalue weighted by Gasteiger charge is 2.20. The predicted molar refractivity (Wildman–Crippen MR) is 142 cm³/mol. The van der Waals surface area contributed by atoms with Crippen LogP contribution in [-0.2, 0) is 13.0 Å². The van der Waals surface area contributed by atoms with Gasteiger partial charge in [0.2, 0.25) is 0 Å². The summed E-state index contributed by atoms with van der Waals surface area (Å²) in [6.45, 7) is 8.50. The van der Waals surface area contributed by atoms with Gasteiger partial charge in [0, 0.05) is 12.0 Å². The molecule has 0 aromatic heterocycles. The van der Waals surface area contributed by atoms with Gasteiger partial charge in [-0.1, -0.05) is 66.9 Å². The Hall–Kier alpha value is -3.36. The summed E-state index contributed by atoms with van der Waals surface area (Å²) in [4.78, 5) is 13.6. The van der Waals surface area contributed by atoms with Gasteiger partial charge in [0.25, 0.3) is 5.91 Å². The number of hydrogen-bond acceptors (Lipinski definition) is 3. The number of nitriles is 1. The average molecular weight is 507 g/mol. The Labute approximate surface area is 218 Å². The first-order chi connectivity index (χ1) is 17.2. The van der Waals surface area contributed by atoms with Crippen molar-refractivity contribution in [1.82, 2.24) is 5.32 Å². The molecule has 0 aliphatic rings. The van der Waals surface area contributed by atoms with Gasteiger partial charge in [-0.3, -0.25) is 4.79 Å². The number of carbonyl (C=O) groups excluding carboxylic acids is 1. The van der Waals surface area contributed by atoms with Crippen molar-refractivity contribution in [3.63, 3.8) is 0 Å². The van der Waals surface area contributed by atoms with Crippen LogP contribution in [0.3, 0.4) is 0 Å². The third-order valence-electron chi connectivity index (χ3n) is 5.88. The third kappa shape index (κ3) is 7.57. The molecule has 4 nitrogen and oxygen atoms in total. The summed E-state index contributed by atoms with van der Waals surface area (Å²) in [6.07, 6.45) is 1.55. The molecule has 3 aromatic carbocycles. The first-order valence-corrected chi connectivity index (χ1v) is 12.5. The smallest absolute Gasteiger partial charge is 0.252 e. The highest BCUT2D eigenvalue weighted by Crippen LogP contribution is 2.26. The number of nitrogens with zero attached hydrogens (tertiary/aromatic N) is 1. The van der Waals surface area contributed by atoms with E-state index in [0.29, 0.717) is 35.6 Å². The molecule has 0 aliphatic heterocycles. The molecule has 3 rings (SSSR count). The van der Waals surface area contributed by atoms with Crippen LogP contribution < -0.4 is 10.1 Å². The SMILES string of the molecule is Cc1cc(C)cc(C(CC(C)C)NC(=O)c2cc(OCc3ccc(Cl)c(F)c3)ccc2CCC#N)c1. The quantitative estimate of drug-likeness (QED) is 0.307. The van der Waals surface area contributed by atoms with Crippen LogP contribution in [-0.4, -0.2) is 5.91 Å². The number of halogens is 2. The highest BCUT2D eigenvalue weighted by atomic mass is 35.5. The fraction of sp³-hybridized carbons (Fsp3) is 0.333. The molecule has 0 radical (unpaired) electrons. The number of ether oxygens (including phenoxy) is 1. The van der Waals surface area contributed by atoms with Crippen LogP contribution in [0.4, 0.5) is 4.39 Å². The molecule has 36 heavy (non-hydrogen) atoms. The molecule has 0 heterocycles. The summed E-state index contributed by atoms with van der Waals surface area (Å²) in [6, 6.07) is 18.1. The lowest BCUT2D eigenvalue weighted by Gasteiger charge is -2.23. The highest BCUT2D eigenvalue weighted by molar-refractivity contribution is 6.30. The van der Waals surface area contributed by atoms with Crippen molar-refractivity contribution in [1.29, 1.82) is 5.26 Å². The third-order valence-corrected chi connectivity index (χ3v) is 6.19. The molecule has 0 saturated heterocycles. The molecule has 1 amide bonds. The van der Waals surface area contributed by atoms with Crippen LogP contribution in [0.15, 0.2) is 54.6 Å². The van der Waals surface area contributed by atoms with E-state index in [9.17, 15) is 9.18 Å². The molecule has 0 bridgehead atoms. The van der Waals surface area contributed by atoms with Crippen molar-refractivity contribution in [3.8, 4) is 11.8 Å². The second-order valence-corrected chi connectivity index (χ2v) is 10.00. The van der Waals surface area contributed by atoms with E-state index in [1.165, 1.54) is 12.1 Å². The molecule has 6 heteroatoms. The van der Waals surface area contributed by atoms with E-state index in [-0.39, 0.29) is 23.6 Å². The van der Waals surface area contributed by atoms with E-state index in [1.807, 2.05) is 6.07 Å². The van der Waals surface area contributed by atoms with Crippen molar-refractivity contribution in [2.75, 3.05) is 0 Å². The minimum Gasteiger partial charge on any atom is -0.489 e. The topological polar surface area (TPSA) is 62.1 Å². The summed E-state index contributed by atoms with van der Waals surface area (Å²) in [5.74, 6) is 0.148. The Morgan fingerprint density at radius 3 is 2.44 bits per heavy atom. The molecular formula is C30H32ClFN2O2. The maximum atomic E-state index is 13.8. The van der Waals surface area contributed by atoms with Gasteiger partial charge < -0.3 is 10.1 Å². The number of carbonyl (C=O) groups is 1. The van der Waals surface area contributed by atoms with Gasteiger partial charge in [0.05, 0.1) is 17.1 Å². The Kier molecular flexibility index (Phi) is 9.50. The Morgan fingerprint density at radius 2 is 1.81 bits per heavy atom. The predicted octanol–water partition coefficient (Wildman–Crippen LogP) is 7.65. The molecule has 1 unspecified atom stereocenters. The van der Waals surface area contributed by atoms with Crippen LogP contribution in [0.5, 0.6) is 5.75 Å². The van der Waals surface area contributed by atoms with Gasteiger partial charge in [-0.15, -0.1) is 0 Å². The molecule has 188 valence electrons. The monoisotopic (exact) mass is 506 g/mol. The van der Waals surface area contributed by atoms with Crippen molar-refractivity contribution in [3.05, 3.63) is 98.8 Å². The molecular weight excluding hydrogens is 475 g/mol.